The lowest BCUT2D eigenvalue weighted by atomic mass is 9.87. The van der Waals surface area contributed by atoms with Gasteiger partial charge in [-0.3, -0.25) is 4.98 Å². The van der Waals surface area contributed by atoms with Crippen LogP contribution in [0.15, 0.2) is 24.4 Å². The lowest BCUT2D eigenvalue weighted by molar-refractivity contribution is 0.131. The van der Waals surface area contributed by atoms with Gasteiger partial charge >= 0.3 is 0 Å². The van der Waals surface area contributed by atoms with Gasteiger partial charge in [0.1, 0.15) is 6.10 Å². The smallest absolute Gasteiger partial charge is 0.111 e. The summed E-state index contributed by atoms with van der Waals surface area (Å²) in [5, 5.41) is 10.00. The van der Waals surface area contributed by atoms with E-state index in [1.807, 2.05) is 18.2 Å². The van der Waals surface area contributed by atoms with Crippen molar-refractivity contribution in [3.63, 3.8) is 0 Å². The van der Waals surface area contributed by atoms with Gasteiger partial charge in [-0.25, -0.2) is 0 Å². The average molecular weight is 222 g/mol. The molecular weight excluding hydrogens is 200 g/mol. The number of nitrogens with zero attached hydrogens (tertiary/aromatic N) is 1. The fraction of sp³-hybridized carbons (Fsp3) is 0.615. The van der Waals surface area contributed by atoms with E-state index in [0.717, 1.165) is 12.8 Å². The Morgan fingerprint density at radius 3 is 2.56 bits per heavy atom. The largest absolute Gasteiger partial charge is 0.385 e. The van der Waals surface area contributed by atoms with Crippen molar-refractivity contribution in [2.45, 2.75) is 45.8 Å². The Bertz CT molecular complexity index is 305. The monoisotopic (exact) mass is 222 g/mol. The molecule has 0 aliphatic rings. The van der Waals surface area contributed by atoms with E-state index in [1.54, 1.807) is 6.20 Å². The van der Waals surface area contributed by atoms with Gasteiger partial charge in [-0.15, -0.1) is 0 Å². The number of nitrogens with two attached hydrogens (primary N) is 1. The molecular formula is C13H22N2O. The van der Waals surface area contributed by atoms with Crippen LogP contribution in [0.4, 0.5) is 0 Å². The second-order valence-corrected chi connectivity index (χ2v) is 5.46. The summed E-state index contributed by atoms with van der Waals surface area (Å²) in [4.78, 5) is 4.11. The molecule has 0 aromatic carbocycles. The van der Waals surface area contributed by atoms with E-state index >= 15 is 0 Å². The van der Waals surface area contributed by atoms with Crippen LogP contribution in [0.5, 0.6) is 0 Å². The Morgan fingerprint density at radius 1 is 1.38 bits per heavy atom. The highest BCUT2D eigenvalue weighted by Gasteiger charge is 2.20. The molecule has 1 rings (SSSR count). The van der Waals surface area contributed by atoms with E-state index in [2.05, 4.69) is 25.8 Å². The van der Waals surface area contributed by atoms with Crippen LogP contribution in [0.3, 0.4) is 0 Å². The molecule has 0 radical (unpaired) electrons. The van der Waals surface area contributed by atoms with Crippen LogP contribution < -0.4 is 5.73 Å². The molecule has 1 heterocycles. The van der Waals surface area contributed by atoms with E-state index in [-0.39, 0.29) is 11.5 Å². The zero-order valence-corrected chi connectivity index (χ0v) is 10.4. The van der Waals surface area contributed by atoms with Crippen molar-refractivity contribution < 1.29 is 5.11 Å². The third-order valence-corrected chi connectivity index (χ3v) is 2.62. The van der Waals surface area contributed by atoms with Gasteiger partial charge in [-0.1, -0.05) is 26.8 Å². The van der Waals surface area contributed by atoms with Crippen molar-refractivity contribution in [1.82, 2.24) is 4.98 Å². The third kappa shape index (κ3) is 4.29. The van der Waals surface area contributed by atoms with Gasteiger partial charge in [-0.2, -0.15) is 0 Å². The number of rotatable bonds is 4. The van der Waals surface area contributed by atoms with Crippen LogP contribution in [-0.4, -0.2) is 16.1 Å². The predicted molar refractivity (Wildman–Crippen MR) is 65.9 cm³/mol. The summed E-state index contributed by atoms with van der Waals surface area (Å²) in [7, 11) is 0. The summed E-state index contributed by atoms with van der Waals surface area (Å²) in [6, 6.07) is 5.26. The molecule has 3 nitrogen and oxygen atoms in total. The maximum Gasteiger partial charge on any atom is 0.111 e. The molecule has 0 aliphatic heterocycles. The molecule has 0 aliphatic carbocycles. The number of hydrogen-bond acceptors (Lipinski definition) is 3. The van der Waals surface area contributed by atoms with Crippen molar-refractivity contribution in [2.75, 3.05) is 0 Å². The quantitative estimate of drug-likeness (QED) is 0.821. The summed E-state index contributed by atoms with van der Waals surface area (Å²) >= 11 is 0. The van der Waals surface area contributed by atoms with Crippen LogP contribution in [0.2, 0.25) is 0 Å². The molecule has 2 unspecified atom stereocenters. The lowest BCUT2D eigenvalue weighted by Crippen LogP contribution is -2.30. The predicted octanol–water partition coefficient (Wildman–Crippen LogP) is 2.27. The number of aromatic nitrogens is 1. The van der Waals surface area contributed by atoms with Crippen molar-refractivity contribution in [3.8, 4) is 0 Å². The minimum Gasteiger partial charge on any atom is -0.385 e. The van der Waals surface area contributed by atoms with E-state index in [4.69, 9.17) is 5.73 Å². The molecule has 3 heteroatoms. The van der Waals surface area contributed by atoms with Crippen molar-refractivity contribution in [3.05, 3.63) is 30.1 Å². The molecule has 1 aromatic heterocycles. The summed E-state index contributed by atoms with van der Waals surface area (Å²) in [6.07, 6.45) is 2.82. The van der Waals surface area contributed by atoms with Crippen molar-refractivity contribution in [2.24, 2.45) is 11.1 Å². The first-order chi connectivity index (χ1) is 7.40. The first kappa shape index (κ1) is 13.1. The topological polar surface area (TPSA) is 59.1 Å². The van der Waals surface area contributed by atoms with Gasteiger partial charge < -0.3 is 10.8 Å². The molecule has 90 valence electrons. The Morgan fingerprint density at radius 2 is 2.06 bits per heavy atom. The van der Waals surface area contributed by atoms with Gasteiger partial charge in [0.05, 0.1) is 5.69 Å². The van der Waals surface area contributed by atoms with Gasteiger partial charge in [0, 0.05) is 12.2 Å². The van der Waals surface area contributed by atoms with Gasteiger partial charge in [0.25, 0.3) is 0 Å². The Labute approximate surface area is 97.7 Å². The molecule has 0 saturated heterocycles. The highest BCUT2D eigenvalue weighted by atomic mass is 16.3. The molecule has 2 atom stereocenters. The first-order valence-electron chi connectivity index (χ1n) is 5.75. The molecule has 3 N–H and O–H groups in total. The van der Waals surface area contributed by atoms with Gasteiger partial charge in [-0.05, 0) is 30.4 Å². The van der Waals surface area contributed by atoms with Crippen LogP contribution in [0.25, 0.3) is 0 Å². The molecule has 0 saturated carbocycles. The summed E-state index contributed by atoms with van der Waals surface area (Å²) < 4.78 is 0. The normalized spacial score (nSPS) is 15.8. The maximum absolute atomic E-state index is 10.00. The molecule has 0 fully saturated rings. The Hall–Kier alpha value is -0.930. The number of pyridine rings is 1. The first-order valence-corrected chi connectivity index (χ1v) is 5.75. The third-order valence-electron chi connectivity index (χ3n) is 2.62. The SMILES string of the molecule is CC(C)(C)CCC(N)C(O)c1ccccn1. The molecule has 0 amide bonds. The fourth-order valence-corrected chi connectivity index (χ4v) is 1.53. The minimum absolute atomic E-state index is 0.242. The van der Waals surface area contributed by atoms with E-state index in [1.165, 1.54) is 0 Å². The van der Waals surface area contributed by atoms with Crippen LogP contribution in [-0.2, 0) is 0 Å². The Kier molecular flexibility index (Phi) is 4.44. The number of aliphatic hydroxyl groups is 1. The molecule has 0 bridgehead atoms. The van der Waals surface area contributed by atoms with E-state index in [0.29, 0.717) is 5.69 Å². The summed E-state index contributed by atoms with van der Waals surface area (Å²) in [6.45, 7) is 6.52. The van der Waals surface area contributed by atoms with E-state index < -0.39 is 6.10 Å². The summed E-state index contributed by atoms with van der Waals surface area (Å²) in [5.74, 6) is 0. The molecule has 16 heavy (non-hydrogen) atoms. The maximum atomic E-state index is 10.00. The van der Waals surface area contributed by atoms with Crippen molar-refractivity contribution >= 4 is 0 Å². The second-order valence-electron chi connectivity index (χ2n) is 5.46. The highest BCUT2D eigenvalue weighted by Crippen LogP contribution is 2.24. The van der Waals surface area contributed by atoms with Crippen LogP contribution >= 0.6 is 0 Å². The molecule has 1 aromatic rings. The van der Waals surface area contributed by atoms with Crippen LogP contribution in [0.1, 0.15) is 45.4 Å². The van der Waals surface area contributed by atoms with Gasteiger partial charge in [0.2, 0.25) is 0 Å². The van der Waals surface area contributed by atoms with E-state index in [9.17, 15) is 5.11 Å². The molecule has 0 spiro atoms. The Balaban J connectivity index is 2.52. The summed E-state index contributed by atoms with van der Waals surface area (Å²) in [5.41, 5.74) is 6.87. The standard InChI is InChI=1S/C13H22N2O/c1-13(2,3)8-7-10(14)12(16)11-6-4-5-9-15-11/h4-6,9-10,12,16H,7-8,14H2,1-3H3. The second kappa shape index (κ2) is 5.41. The van der Waals surface area contributed by atoms with Gasteiger partial charge in [0.15, 0.2) is 0 Å². The zero-order valence-electron chi connectivity index (χ0n) is 10.4. The number of hydrogen-bond donors (Lipinski definition) is 2. The highest BCUT2D eigenvalue weighted by molar-refractivity contribution is 5.08. The van der Waals surface area contributed by atoms with Crippen molar-refractivity contribution in [1.29, 1.82) is 0 Å². The average Bonchev–Trinajstić information content (AvgIpc) is 2.25. The minimum atomic E-state index is -0.663. The fourth-order valence-electron chi connectivity index (χ4n) is 1.53. The number of aliphatic hydroxyl groups excluding tert-OH is 1. The van der Waals surface area contributed by atoms with Crippen LogP contribution in [0, 0.1) is 5.41 Å². The zero-order chi connectivity index (χ0) is 12.2. The lowest BCUT2D eigenvalue weighted by Gasteiger charge is -2.23.